The van der Waals surface area contributed by atoms with Gasteiger partial charge in [0.2, 0.25) is 0 Å². The number of thiazole rings is 1. The zero-order valence-electron chi connectivity index (χ0n) is 9.14. The fraction of sp³-hybridized carbons (Fsp3) is 0.167. The van der Waals surface area contributed by atoms with Crippen molar-refractivity contribution in [3.05, 3.63) is 34.9 Å². The molecule has 0 saturated heterocycles. The van der Waals surface area contributed by atoms with E-state index in [1.165, 1.54) is 0 Å². The molecule has 0 saturated carbocycles. The van der Waals surface area contributed by atoms with Gasteiger partial charge in [-0.1, -0.05) is 6.07 Å². The van der Waals surface area contributed by atoms with E-state index in [1.807, 2.05) is 24.9 Å². The molecule has 16 heavy (non-hydrogen) atoms. The first-order valence-electron chi connectivity index (χ1n) is 5.07. The quantitative estimate of drug-likeness (QED) is 0.642. The average molecular weight is 229 g/mol. The Morgan fingerprint density at radius 1 is 1.31 bits per heavy atom. The Balaban J connectivity index is 2.18. The lowest BCUT2D eigenvalue weighted by molar-refractivity contribution is 0.948. The van der Waals surface area contributed by atoms with Gasteiger partial charge in [-0.25, -0.2) is 9.97 Å². The van der Waals surface area contributed by atoms with Crippen molar-refractivity contribution in [3.63, 3.8) is 0 Å². The van der Waals surface area contributed by atoms with Crippen molar-refractivity contribution >= 4 is 22.4 Å². The minimum Gasteiger partial charge on any atom is -0.334 e. The molecule has 0 N–H and O–H groups in total. The number of nitrogens with zero attached hydrogens (tertiary/aromatic N) is 3. The molecule has 3 aromatic rings. The normalized spacial score (nSPS) is 11.1. The van der Waals surface area contributed by atoms with Gasteiger partial charge >= 0.3 is 0 Å². The number of benzene rings is 1. The molecule has 0 unspecified atom stereocenters. The molecule has 0 radical (unpaired) electrons. The smallest absolute Gasteiger partial charge is 0.0955 e. The van der Waals surface area contributed by atoms with Crippen molar-refractivity contribution in [1.82, 2.24) is 14.5 Å². The number of hydrogen-bond acceptors (Lipinski definition) is 3. The van der Waals surface area contributed by atoms with Crippen LogP contribution in [0.15, 0.2) is 29.9 Å². The molecule has 0 bridgehead atoms. The van der Waals surface area contributed by atoms with Crippen LogP contribution in [0.3, 0.4) is 0 Å². The minimum absolute atomic E-state index is 1.02. The highest BCUT2D eigenvalue weighted by Crippen LogP contribution is 2.24. The monoisotopic (exact) mass is 229 g/mol. The molecule has 4 heteroatoms. The summed E-state index contributed by atoms with van der Waals surface area (Å²) >= 11 is 1.67. The summed E-state index contributed by atoms with van der Waals surface area (Å²) in [5.74, 6) is 0. The summed E-state index contributed by atoms with van der Waals surface area (Å²) in [5.41, 5.74) is 4.34. The highest BCUT2D eigenvalue weighted by molar-refractivity contribution is 7.09. The standard InChI is InChI=1S/C12H11N3S/c1-8-14-11(6-16-8)9-3-4-12-10(5-9)13-7-15(12)2/h3-7H,1-2H3. The third-order valence-electron chi connectivity index (χ3n) is 2.64. The predicted molar refractivity (Wildman–Crippen MR) is 66.6 cm³/mol. The zero-order chi connectivity index (χ0) is 11.1. The number of rotatable bonds is 1. The van der Waals surface area contributed by atoms with Crippen LogP contribution in [0.25, 0.3) is 22.3 Å². The molecule has 0 aliphatic carbocycles. The third kappa shape index (κ3) is 1.42. The predicted octanol–water partition coefficient (Wildman–Crippen LogP) is 3.01. The highest BCUT2D eigenvalue weighted by Gasteiger charge is 2.05. The van der Waals surface area contributed by atoms with Crippen LogP contribution in [0.4, 0.5) is 0 Å². The summed E-state index contributed by atoms with van der Waals surface area (Å²) in [5, 5.41) is 3.18. The number of aromatic nitrogens is 3. The number of fused-ring (bicyclic) bond motifs is 1. The summed E-state index contributed by atoms with van der Waals surface area (Å²) in [6.45, 7) is 2.02. The molecular formula is C12H11N3S. The van der Waals surface area contributed by atoms with Crippen molar-refractivity contribution in [3.8, 4) is 11.3 Å². The Kier molecular flexibility index (Phi) is 2.04. The summed E-state index contributed by atoms with van der Waals surface area (Å²) in [6.07, 6.45) is 1.83. The molecule has 2 heterocycles. The van der Waals surface area contributed by atoms with E-state index in [9.17, 15) is 0 Å². The van der Waals surface area contributed by atoms with E-state index in [0.717, 1.165) is 27.3 Å². The van der Waals surface area contributed by atoms with Gasteiger partial charge in [0.05, 0.1) is 28.1 Å². The van der Waals surface area contributed by atoms with Gasteiger partial charge in [-0.05, 0) is 19.1 Å². The zero-order valence-corrected chi connectivity index (χ0v) is 9.95. The SMILES string of the molecule is Cc1nc(-c2ccc3c(c2)ncn3C)cs1. The third-order valence-corrected chi connectivity index (χ3v) is 3.41. The summed E-state index contributed by atoms with van der Waals surface area (Å²) in [7, 11) is 2.00. The van der Waals surface area contributed by atoms with Crippen LogP contribution in [-0.2, 0) is 7.05 Å². The molecular weight excluding hydrogens is 218 g/mol. The molecule has 0 atom stereocenters. The Hall–Kier alpha value is -1.68. The largest absolute Gasteiger partial charge is 0.334 e. The van der Waals surface area contributed by atoms with Gasteiger partial charge in [0.15, 0.2) is 0 Å². The van der Waals surface area contributed by atoms with Crippen molar-refractivity contribution < 1.29 is 0 Å². The maximum Gasteiger partial charge on any atom is 0.0955 e. The number of imidazole rings is 1. The van der Waals surface area contributed by atoms with Crippen LogP contribution in [0.2, 0.25) is 0 Å². The highest BCUT2D eigenvalue weighted by atomic mass is 32.1. The Bertz CT molecular complexity index is 651. The molecule has 1 aromatic carbocycles. The molecule has 3 rings (SSSR count). The van der Waals surface area contributed by atoms with Crippen LogP contribution in [-0.4, -0.2) is 14.5 Å². The van der Waals surface area contributed by atoms with Crippen molar-refractivity contribution in [2.45, 2.75) is 6.92 Å². The molecule has 3 nitrogen and oxygen atoms in total. The fourth-order valence-corrected chi connectivity index (χ4v) is 2.41. The van der Waals surface area contributed by atoms with Crippen LogP contribution < -0.4 is 0 Å². The van der Waals surface area contributed by atoms with Crippen LogP contribution in [0.1, 0.15) is 5.01 Å². The maximum atomic E-state index is 4.48. The second-order valence-corrected chi connectivity index (χ2v) is 4.87. The van der Waals surface area contributed by atoms with E-state index >= 15 is 0 Å². The fourth-order valence-electron chi connectivity index (χ4n) is 1.79. The van der Waals surface area contributed by atoms with E-state index in [1.54, 1.807) is 11.3 Å². The van der Waals surface area contributed by atoms with Gasteiger partial charge < -0.3 is 4.57 Å². The van der Waals surface area contributed by atoms with E-state index in [0.29, 0.717) is 0 Å². The van der Waals surface area contributed by atoms with Gasteiger partial charge in [0.1, 0.15) is 0 Å². The van der Waals surface area contributed by atoms with E-state index in [2.05, 4.69) is 33.5 Å². The van der Waals surface area contributed by atoms with Crippen molar-refractivity contribution in [1.29, 1.82) is 0 Å². The number of aryl methyl sites for hydroxylation is 2. The first-order valence-corrected chi connectivity index (χ1v) is 5.95. The lowest BCUT2D eigenvalue weighted by Gasteiger charge is -1.98. The summed E-state index contributed by atoms with van der Waals surface area (Å²) < 4.78 is 2.02. The topological polar surface area (TPSA) is 30.7 Å². The minimum atomic E-state index is 1.02. The molecule has 0 amide bonds. The Labute approximate surface area is 97.4 Å². The second kappa shape index (κ2) is 3.42. The van der Waals surface area contributed by atoms with Crippen molar-refractivity contribution in [2.75, 3.05) is 0 Å². The number of hydrogen-bond donors (Lipinski definition) is 0. The van der Waals surface area contributed by atoms with E-state index in [4.69, 9.17) is 0 Å². The molecule has 80 valence electrons. The van der Waals surface area contributed by atoms with Gasteiger partial charge in [-0.2, -0.15) is 0 Å². The van der Waals surface area contributed by atoms with Crippen LogP contribution in [0.5, 0.6) is 0 Å². The van der Waals surface area contributed by atoms with Gasteiger partial charge in [0.25, 0.3) is 0 Å². The van der Waals surface area contributed by atoms with E-state index in [-0.39, 0.29) is 0 Å². The molecule has 0 fully saturated rings. The Morgan fingerprint density at radius 2 is 2.19 bits per heavy atom. The first-order chi connectivity index (χ1) is 7.74. The molecule has 2 aromatic heterocycles. The van der Waals surface area contributed by atoms with Crippen LogP contribution in [0, 0.1) is 6.92 Å². The van der Waals surface area contributed by atoms with Crippen LogP contribution >= 0.6 is 11.3 Å². The first kappa shape index (κ1) is 9.54. The van der Waals surface area contributed by atoms with E-state index < -0.39 is 0 Å². The Morgan fingerprint density at radius 3 is 2.94 bits per heavy atom. The van der Waals surface area contributed by atoms with Gasteiger partial charge in [0, 0.05) is 18.0 Å². The second-order valence-electron chi connectivity index (χ2n) is 3.81. The molecule has 0 aliphatic rings. The molecule has 0 aliphatic heterocycles. The van der Waals surface area contributed by atoms with Gasteiger partial charge in [-0.15, -0.1) is 11.3 Å². The van der Waals surface area contributed by atoms with Crippen molar-refractivity contribution in [2.24, 2.45) is 7.05 Å². The summed E-state index contributed by atoms with van der Waals surface area (Å²) in [4.78, 5) is 8.83. The maximum absolute atomic E-state index is 4.48. The lowest BCUT2D eigenvalue weighted by Crippen LogP contribution is -1.84. The van der Waals surface area contributed by atoms with Gasteiger partial charge in [-0.3, -0.25) is 0 Å². The average Bonchev–Trinajstić information content (AvgIpc) is 2.86. The summed E-state index contributed by atoms with van der Waals surface area (Å²) in [6, 6.07) is 6.27. The molecule has 0 spiro atoms. The lowest BCUT2D eigenvalue weighted by atomic mass is 10.1.